The Bertz CT molecular complexity index is 585. The van der Waals surface area contributed by atoms with E-state index in [-0.39, 0.29) is 6.10 Å². The van der Waals surface area contributed by atoms with Crippen molar-refractivity contribution < 1.29 is 14.2 Å². The van der Waals surface area contributed by atoms with Crippen LogP contribution in [0.15, 0.2) is 54.6 Å². The minimum absolute atomic E-state index is 0.0900. The zero-order chi connectivity index (χ0) is 14.7. The minimum Gasteiger partial charge on any atom is -0.491 e. The molecule has 1 heterocycles. The van der Waals surface area contributed by atoms with E-state index in [1.807, 2.05) is 61.5 Å². The number of nitrogen functional groups attached to an aromatic ring is 1. The van der Waals surface area contributed by atoms with Crippen molar-refractivity contribution in [2.45, 2.75) is 18.8 Å². The molecule has 2 N–H and O–H groups in total. The van der Waals surface area contributed by atoms with Crippen LogP contribution in [0.5, 0.6) is 5.75 Å². The van der Waals surface area contributed by atoms with E-state index in [4.69, 9.17) is 19.9 Å². The Kier molecular flexibility index (Phi) is 3.82. The lowest BCUT2D eigenvalue weighted by Crippen LogP contribution is -2.26. The van der Waals surface area contributed by atoms with Crippen LogP contribution in [0.2, 0.25) is 0 Å². The first-order valence-corrected chi connectivity index (χ1v) is 7.01. The molecule has 0 spiro atoms. The topological polar surface area (TPSA) is 53.7 Å². The van der Waals surface area contributed by atoms with Crippen LogP contribution in [-0.4, -0.2) is 19.3 Å². The van der Waals surface area contributed by atoms with Gasteiger partial charge in [-0.2, -0.15) is 0 Å². The first-order chi connectivity index (χ1) is 10.2. The summed E-state index contributed by atoms with van der Waals surface area (Å²) in [6.07, 6.45) is -0.0900. The highest BCUT2D eigenvalue weighted by Gasteiger charge is 2.38. The van der Waals surface area contributed by atoms with Crippen LogP contribution < -0.4 is 10.5 Å². The zero-order valence-corrected chi connectivity index (χ0v) is 12.0. The van der Waals surface area contributed by atoms with Gasteiger partial charge in [-0.05, 0) is 31.2 Å². The lowest BCUT2D eigenvalue weighted by Gasteiger charge is -2.23. The molecular weight excluding hydrogens is 266 g/mol. The van der Waals surface area contributed by atoms with Gasteiger partial charge >= 0.3 is 0 Å². The summed E-state index contributed by atoms with van der Waals surface area (Å²) in [4.78, 5) is 0. The molecule has 110 valence electrons. The molecule has 1 aliphatic heterocycles. The molecule has 21 heavy (non-hydrogen) atoms. The van der Waals surface area contributed by atoms with Gasteiger partial charge in [-0.15, -0.1) is 0 Å². The van der Waals surface area contributed by atoms with Crippen LogP contribution in [0.25, 0.3) is 0 Å². The Labute approximate surface area is 124 Å². The molecule has 0 aliphatic carbocycles. The fourth-order valence-electron chi connectivity index (χ4n) is 2.37. The molecule has 0 saturated carbocycles. The van der Waals surface area contributed by atoms with Crippen molar-refractivity contribution in [1.82, 2.24) is 0 Å². The second-order valence-corrected chi connectivity index (χ2v) is 5.24. The van der Waals surface area contributed by atoms with Gasteiger partial charge in [0.05, 0.1) is 6.61 Å². The van der Waals surface area contributed by atoms with Crippen LogP contribution in [0, 0.1) is 0 Å². The summed E-state index contributed by atoms with van der Waals surface area (Å²) in [5, 5.41) is 0. The van der Waals surface area contributed by atoms with Crippen LogP contribution in [-0.2, 0) is 15.3 Å². The predicted octanol–water partition coefficient (Wildman–Crippen LogP) is 2.94. The Balaban J connectivity index is 1.58. The highest BCUT2D eigenvalue weighted by Crippen LogP contribution is 2.33. The molecule has 1 aliphatic rings. The molecule has 1 saturated heterocycles. The summed E-state index contributed by atoms with van der Waals surface area (Å²) >= 11 is 0. The average Bonchev–Trinajstić information content (AvgIpc) is 2.91. The Hall–Kier alpha value is -2.04. The smallest absolute Gasteiger partial charge is 0.192 e. The predicted molar refractivity (Wildman–Crippen MR) is 81.0 cm³/mol. The molecule has 2 aromatic rings. The average molecular weight is 285 g/mol. The maximum absolute atomic E-state index is 6.01. The first-order valence-electron chi connectivity index (χ1n) is 7.01. The minimum atomic E-state index is -0.698. The first kappa shape index (κ1) is 13.9. The highest BCUT2D eigenvalue weighted by molar-refractivity contribution is 5.41. The summed E-state index contributed by atoms with van der Waals surface area (Å²) in [5.74, 6) is 0.0808. The Morgan fingerprint density at radius 3 is 2.57 bits per heavy atom. The molecule has 1 fully saturated rings. The van der Waals surface area contributed by atoms with Gasteiger partial charge in [0.1, 0.15) is 18.5 Å². The van der Waals surface area contributed by atoms with Gasteiger partial charge in [0, 0.05) is 11.3 Å². The van der Waals surface area contributed by atoms with Crippen molar-refractivity contribution in [3.63, 3.8) is 0 Å². The van der Waals surface area contributed by atoms with Gasteiger partial charge in [-0.1, -0.05) is 30.3 Å². The third-order valence-corrected chi connectivity index (χ3v) is 3.55. The number of hydrogen-bond acceptors (Lipinski definition) is 4. The summed E-state index contributed by atoms with van der Waals surface area (Å²) in [5.41, 5.74) is 7.38. The molecule has 0 bridgehead atoms. The van der Waals surface area contributed by atoms with E-state index in [1.54, 1.807) is 0 Å². The van der Waals surface area contributed by atoms with E-state index in [0.29, 0.717) is 13.2 Å². The van der Waals surface area contributed by atoms with Gasteiger partial charge in [0.2, 0.25) is 0 Å². The fourth-order valence-corrected chi connectivity index (χ4v) is 2.37. The maximum Gasteiger partial charge on any atom is 0.192 e. The molecular formula is C17H19NO3. The number of ether oxygens (including phenoxy) is 3. The summed E-state index contributed by atoms with van der Waals surface area (Å²) < 4.78 is 17.5. The van der Waals surface area contributed by atoms with Crippen LogP contribution in [0.1, 0.15) is 12.5 Å². The Morgan fingerprint density at radius 2 is 1.86 bits per heavy atom. The van der Waals surface area contributed by atoms with Gasteiger partial charge in [-0.25, -0.2) is 0 Å². The van der Waals surface area contributed by atoms with Crippen molar-refractivity contribution in [3.05, 3.63) is 60.2 Å². The monoisotopic (exact) mass is 285 g/mol. The molecule has 2 aromatic carbocycles. The van der Waals surface area contributed by atoms with Crippen molar-refractivity contribution in [2.75, 3.05) is 18.9 Å². The fraction of sp³-hybridized carbons (Fsp3) is 0.294. The van der Waals surface area contributed by atoms with E-state index >= 15 is 0 Å². The van der Waals surface area contributed by atoms with E-state index in [2.05, 4.69) is 0 Å². The second kappa shape index (κ2) is 5.76. The van der Waals surface area contributed by atoms with Crippen LogP contribution in [0.4, 0.5) is 5.69 Å². The third-order valence-electron chi connectivity index (χ3n) is 3.55. The van der Waals surface area contributed by atoms with Gasteiger partial charge in [-0.3, -0.25) is 0 Å². The quantitative estimate of drug-likeness (QED) is 0.878. The number of benzene rings is 2. The van der Waals surface area contributed by atoms with Crippen molar-refractivity contribution >= 4 is 5.69 Å². The molecule has 0 aromatic heterocycles. The summed E-state index contributed by atoms with van der Waals surface area (Å²) in [6, 6.07) is 17.3. The largest absolute Gasteiger partial charge is 0.491 e. The van der Waals surface area contributed by atoms with Gasteiger partial charge < -0.3 is 19.9 Å². The Morgan fingerprint density at radius 1 is 1.14 bits per heavy atom. The molecule has 0 amide bonds. The normalized spacial score (nSPS) is 24.9. The lowest BCUT2D eigenvalue weighted by molar-refractivity contribution is -0.164. The number of nitrogens with two attached hydrogens (primary N) is 1. The molecule has 2 atom stereocenters. The maximum atomic E-state index is 6.01. The lowest BCUT2D eigenvalue weighted by atomic mass is 10.1. The van der Waals surface area contributed by atoms with Gasteiger partial charge in [0.25, 0.3) is 0 Å². The molecule has 3 rings (SSSR count). The van der Waals surface area contributed by atoms with E-state index in [9.17, 15) is 0 Å². The van der Waals surface area contributed by atoms with Crippen molar-refractivity contribution in [3.8, 4) is 5.75 Å². The van der Waals surface area contributed by atoms with Crippen LogP contribution in [0.3, 0.4) is 0 Å². The molecule has 0 radical (unpaired) electrons. The highest BCUT2D eigenvalue weighted by atomic mass is 16.7. The summed E-state index contributed by atoms with van der Waals surface area (Å²) in [7, 11) is 0. The standard InChI is InChI=1S/C17H19NO3/c1-17(13-5-3-2-4-6-13)20-12-16(21-17)11-19-15-9-7-14(18)8-10-15/h2-10,16H,11-12,18H2,1H3. The number of anilines is 1. The third kappa shape index (κ3) is 3.17. The SMILES string of the molecule is CC1(c2ccccc2)OCC(COc2ccc(N)cc2)O1. The molecule has 2 unspecified atom stereocenters. The molecule has 4 nitrogen and oxygen atoms in total. The van der Waals surface area contributed by atoms with E-state index < -0.39 is 5.79 Å². The van der Waals surface area contributed by atoms with Crippen LogP contribution >= 0.6 is 0 Å². The zero-order valence-electron chi connectivity index (χ0n) is 12.0. The van der Waals surface area contributed by atoms with Gasteiger partial charge in [0.15, 0.2) is 5.79 Å². The number of rotatable bonds is 4. The van der Waals surface area contributed by atoms with E-state index in [0.717, 1.165) is 17.0 Å². The van der Waals surface area contributed by atoms with Crippen molar-refractivity contribution in [1.29, 1.82) is 0 Å². The molecule has 4 heteroatoms. The van der Waals surface area contributed by atoms with Crippen molar-refractivity contribution in [2.24, 2.45) is 0 Å². The number of hydrogen-bond donors (Lipinski definition) is 1. The summed E-state index contributed by atoms with van der Waals surface area (Å²) in [6.45, 7) is 2.90. The second-order valence-electron chi connectivity index (χ2n) is 5.24. The van der Waals surface area contributed by atoms with E-state index in [1.165, 1.54) is 0 Å².